The average molecular weight is 1260 g/mol. The molecule has 0 N–H and O–H groups in total. The molecule has 0 bridgehead atoms. The third-order valence-corrected chi connectivity index (χ3v) is 25.6. The Balaban J connectivity index is 0.793. The summed E-state index contributed by atoms with van der Waals surface area (Å²) in [4.78, 5) is 13.6. The van der Waals surface area contributed by atoms with Crippen molar-refractivity contribution in [3.63, 3.8) is 0 Å². The predicted molar refractivity (Wildman–Crippen MR) is 398 cm³/mol. The van der Waals surface area contributed by atoms with Gasteiger partial charge >= 0.3 is 5.97 Å². The summed E-state index contributed by atoms with van der Waals surface area (Å²) in [6, 6.07) is 113. The van der Waals surface area contributed by atoms with Crippen molar-refractivity contribution in [1.29, 1.82) is 0 Å². The zero-order chi connectivity index (χ0) is 65.0. The number of fused-ring (bicyclic) bond motifs is 18. The average Bonchev–Trinajstić information content (AvgIpc) is 1.45. The van der Waals surface area contributed by atoms with E-state index >= 15 is 0 Å². The third-order valence-electron chi connectivity index (χ3n) is 25.6. The Bertz CT molecular complexity index is 4820. The molecule has 0 aromatic heterocycles. The van der Waals surface area contributed by atoms with Crippen molar-refractivity contribution in [1.82, 2.24) is 0 Å². The molecule has 12 aromatic rings. The van der Waals surface area contributed by atoms with E-state index in [0.29, 0.717) is 12.8 Å². The van der Waals surface area contributed by atoms with Crippen LogP contribution in [-0.2, 0) is 42.0 Å². The molecule has 6 aliphatic rings. The van der Waals surface area contributed by atoms with E-state index in [1.165, 1.54) is 141 Å². The van der Waals surface area contributed by atoms with Gasteiger partial charge in [-0.3, -0.25) is 4.79 Å². The molecular formula is C95H82O2. The Morgan fingerprint density at radius 2 is 0.351 bits per heavy atom. The number of carbonyl (C=O) groups is 1. The van der Waals surface area contributed by atoms with E-state index < -0.39 is 5.41 Å². The monoisotopic (exact) mass is 1250 g/mol. The molecule has 97 heavy (non-hydrogen) atoms. The summed E-state index contributed by atoms with van der Waals surface area (Å²) in [7, 11) is 1.54. The summed E-state index contributed by atoms with van der Waals surface area (Å²) in [5.74, 6) is -0.159. The van der Waals surface area contributed by atoms with Gasteiger partial charge in [-0.15, -0.1) is 0 Å². The second kappa shape index (κ2) is 23.2. The number of hydrogen-bond acceptors (Lipinski definition) is 2. The highest BCUT2D eigenvalue weighted by atomic mass is 16.5. The minimum Gasteiger partial charge on any atom is -0.469 e. The van der Waals surface area contributed by atoms with E-state index in [-0.39, 0.29) is 33.0 Å². The smallest absolute Gasteiger partial charge is 0.305 e. The highest BCUT2D eigenvalue weighted by Gasteiger charge is 2.55. The second-order valence-electron chi connectivity index (χ2n) is 29.4. The Labute approximate surface area is 573 Å². The van der Waals surface area contributed by atoms with Crippen molar-refractivity contribution in [3.8, 4) is 66.8 Å². The van der Waals surface area contributed by atoms with Crippen LogP contribution < -0.4 is 0 Å². The lowest BCUT2D eigenvalue weighted by Crippen LogP contribution is -2.37. The molecule has 0 fully saturated rings. The summed E-state index contributed by atoms with van der Waals surface area (Å²) in [6.07, 6.45) is 12.8. The summed E-state index contributed by atoms with van der Waals surface area (Å²) in [5, 5.41) is 0. The molecule has 474 valence electrons. The first-order valence-electron chi connectivity index (χ1n) is 36.0. The van der Waals surface area contributed by atoms with Crippen molar-refractivity contribution in [2.24, 2.45) is 0 Å². The molecule has 0 unspecified atom stereocenters. The van der Waals surface area contributed by atoms with Gasteiger partial charge in [-0.25, -0.2) is 0 Å². The molecule has 0 aliphatic heterocycles. The van der Waals surface area contributed by atoms with Gasteiger partial charge in [0.15, 0.2) is 0 Å². The van der Waals surface area contributed by atoms with Crippen LogP contribution in [0.15, 0.2) is 291 Å². The summed E-state index contributed by atoms with van der Waals surface area (Å²) >= 11 is 0. The highest BCUT2D eigenvalue weighted by molar-refractivity contribution is 5.87. The van der Waals surface area contributed by atoms with E-state index in [1.807, 2.05) is 0 Å². The van der Waals surface area contributed by atoms with Crippen molar-refractivity contribution in [2.75, 3.05) is 7.11 Å². The van der Waals surface area contributed by atoms with Gasteiger partial charge < -0.3 is 4.74 Å². The van der Waals surface area contributed by atoms with Gasteiger partial charge in [0.2, 0.25) is 0 Å². The van der Waals surface area contributed by atoms with Crippen LogP contribution in [0.25, 0.3) is 66.8 Å². The molecule has 2 nitrogen and oxygen atoms in total. The quantitative estimate of drug-likeness (QED) is 0.0711. The standard InChI is InChI=1S/C95H82O2/c1-3-53-90(77-40-16-4-28-65(77)66-29-5-17-41-78(66)90)55-57-92(81-44-20-8-32-69(81)70-33-9-21-45-82(70)92)59-61-94(85-48-24-12-36-73(85)74-37-13-25-49-86(74)94)63-64-95(87-50-26-14-38-75(87)76-39-15-27-51-88(76)95)62-60-93(83-46-22-10-34-71(83)72-35-11-23-47-84(72)93)58-56-91(54-52-89(96)97-2)79-42-18-6-30-67(79)68-31-7-19-43-80(68)91/h4-51H,3,52-64H2,1-2H3. The molecule has 0 heterocycles. The number of esters is 1. The molecule has 6 aliphatic carbocycles. The van der Waals surface area contributed by atoms with Crippen molar-refractivity contribution in [2.45, 2.75) is 129 Å². The van der Waals surface area contributed by atoms with Crippen molar-refractivity contribution in [3.05, 3.63) is 358 Å². The Hall–Kier alpha value is -9.89. The van der Waals surface area contributed by atoms with Crippen LogP contribution in [0.4, 0.5) is 0 Å². The van der Waals surface area contributed by atoms with Gasteiger partial charge in [0.1, 0.15) is 0 Å². The zero-order valence-corrected chi connectivity index (χ0v) is 55.9. The molecule has 12 aromatic carbocycles. The van der Waals surface area contributed by atoms with Crippen molar-refractivity contribution >= 4 is 5.97 Å². The fraction of sp³-hybridized carbons (Fsp3) is 0.232. The number of benzene rings is 12. The van der Waals surface area contributed by atoms with Crippen LogP contribution in [0.2, 0.25) is 0 Å². The number of methoxy groups -OCH3 is 1. The predicted octanol–water partition coefficient (Wildman–Crippen LogP) is 23.4. The number of rotatable bonds is 20. The maximum absolute atomic E-state index is 13.6. The lowest BCUT2D eigenvalue weighted by molar-refractivity contribution is -0.141. The molecule has 0 atom stereocenters. The van der Waals surface area contributed by atoms with Crippen LogP contribution in [0.3, 0.4) is 0 Å². The van der Waals surface area contributed by atoms with Gasteiger partial charge in [-0.2, -0.15) is 0 Å². The van der Waals surface area contributed by atoms with Gasteiger partial charge in [0, 0.05) is 38.9 Å². The largest absolute Gasteiger partial charge is 0.469 e. The van der Waals surface area contributed by atoms with E-state index in [4.69, 9.17) is 4.74 Å². The number of ether oxygens (including phenoxy) is 1. The molecule has 18 rings (SSSR count). The van der Waals surface area contributed by atoms with Crippen LogP contribution in [-0.4, -0.2) is 13.1 Å². The lowest BCUT2D eigenvalue weighted by Gasteiger charge is -2.44. The Kier molecular flexibility index (Phi) is 14.2. The molecule has 2 heteroatoms. The van der Waals surface area contributed by atoms with Crippen LogP contribution in [0.5, 0.6) is 0 Å². The van der Waals surface area contributed by atoms with E-state index in [9.17, 15) is 4.79 Å². The van der Waals surface area contributed by atoms with Crippen LogP contribution >= 0.6 is 0 Å². The number of carbonyl (C=O) groups excluding carboxylic acids is 1. The summed E-state index contributed by atoms with van der Waals surface area (Å²) in [6.45, 7) is 2.40. The third kappa shape index (κ3) is 8.67. The van der Waals surface area contributed by atoms with Gasteiger partial charge in [-0.05, 0) is 211 Å². The fourth-order valence-electron chi connectivity index (χ4n) is 21.5. The zero-order valence-electron chi connectivity index (χ0n) is 55.9. The Morgan fingerprint density at radius 1 is 0.216 bits per heavy atom. The summed E-state index contributed by atoms with van der Waals surface area (Å²) < 4.78 is 5.49. The molecule has 0 amide bonds. The first-order chi connectivity index (χ1) is 47.8. The molecule has 0 spiro atoms. The molecule has 0 saturated heterocycles. The number of hydrogen-bond donors (Lipinski definition) is 0. The fourth-order valence-corrected chi connectivity index (χ4v) is 21.5. The van der Waals surface area contributed by atoms with Crippen molar-refractivity contribution < 1.29 is 9.53 Å². The minimum absolute atomic E-state index is 0.116. The van der Waals surface area contributed by atoms with E-state index in [1.54, 1.807) is 0 Å². The van der Waals surface area contributed by atoms with Crippen LogP contribution in [0.1, 0.15) is 164 Å². The SMILES string of the molecule is CCCC1(CCC2(CCC3(CCC4(CCC5(CCC6(CCC(=O)OC)c7ccccc7-c7ccccc76)c6ccccc6-c6ccccc65)c5ccccc5-c5ccccc54)c4ccccc4-c4ccccc43)c3ccccc3-c3ccccc32)c2ccccc2-c2ccccc21. The summed E-state index contributed by atoms with van der Waals surface area (Å²) in [5.41, 5.74) is 31.9. The minimum atomic E-state index is -0.416. The highest BCUT2D eigenvalue weighted by Crippen LogP contribution is 2.66. The van der Waals surface area contributed by atoms with Gasteiger partial charge in [0.05, 0.1) is 7.11 Å². The molecule has 0 saturated carbocycles. The molecule has 0 radical (unpaired) electrons. The second-order valence-corrected chi connectivity index (χ2v) is 29.4. The first-order valence-corrected chi connectivity index (χ1v) is 36.0. The maximum atomic E-state index is 13.6. The van der Waals surface area contributed by atoms with E-state index in [0.717, 1.165) is 77.0 Å². The van der Waals surface area contributed by atoms with Gasteiger partial charge in [0.25, 0.3) is 0 Å². The normalized spacial score (nSPS) is 16.4. The van der Waals surface area contributed by atoms with E-state index in [2.05, 4.69) is 298 Å². The maximum Gasteiger partial charge on any atom is 0.305 e. The Morgan fingerprint density at radius 3 is 0.495 bits per heavy atom. The van der Waals surface area contributed by atoms with Crippen LogP contribution in [0, 0.1) is 0 Å². The lowest BCUT2D eigenvalue weighted by atomic mass is 9.59. The topological polar surface area (TPSA) is 26.3 Å². The molecular weight excluding hydrogens is 1170 g/mol. The first kappa shape index (κ1) is 59.6. The van der Waals surface area contributed by atoms with Gasteiger partial charge in [-0.1, -0.05) is 305 Å².